The molecule has 1 aromatic carbocycles. The third kappa shape index (κ3) is 3.66. The van der Waals surface area contributed by atoms with E-state index in [1.165, 1.54) is 4.57 Å². The van der Waals surface area contributed by atoms with Crippen molar-refractivity contribution >= 4 is 34.9 Å². The number of amides is 2. The van der Waals surface area contributed by atoms with Crippen LogP contribution < -0.4 is 20.9 Å². The Kier molecular flexibility index (Phi) is 5.44. The molecule has 0 saturated heterocycles. The van der Waals surface area contributed by atoms with Gasteiger partial charge in [0.1, 0.15) is 16.5 Å². The van der Waals surface area contributed by atoms with E-state index < -0.39 is 6.03 Å². The number of aromatic nitrogens is 1. The smallest absolute Gasteiger partial charge is 0.319 e. The third-order valence-corrected chi connectivity index (χ3v) is 5.15. The molecule has 2 N–H and O–H groups in total. The topological polar surface area (TPSA) is 72.4 Å². The molecule has 26 heavy (non-hydrogen) atoms. The number of pyridine rings is 1. The Morgan fingerprint density at radius 1 is 1.31 bits per heavy atom. The Bertz CT molecular complexity index is 911. The van der Waals surface area contributed by atoms with Gasteiger partial charge in [-0.25, -0.2) is 4.79 Å². The van der Waals surface area contributed by atoms with Gasteiger partial charge in [0, 0.05) is 18.8 Å². The van der Waals surface area contributed by atoms with Crippen LogP contribution in [0, 0.1) is 6.92 Å². The molecule has 2 amide bonds. The Morgan fingerprint density at radius 2 is 2.08 bits per heavy atom. The number of rotatable bonds is 2. The molecule has 1 aromatic heterocycles. The highest BCUT2D eigenvalue weighted by molar-refractivity contribution is 6.43. The minimum Gasteiger partial charge on any atom is -0.492 e. The van der Waals surface area contributed by atoms with Crippen molar-refractivity contribution in [3.05, 3.63) is 55.9 Å². The Hall–Kier alpha value is -2.18. The molecule has 3 rings (SSSR count). The van der Waals surface area contributed by atoms with Crippen LogP contribution in [0.25, 0.3) is 0 Å². The summed E-state index contributed by atoms with van der Waals surface area (Å²) in [6.07, 6.45) is 3.09. The van der Waals surface area contributed by atoms with Crippen LogP contribution in [0.3, 0.4) is 0 Å². The Morgan fingerprint density at radius 3 is 2.85 bits per heavy atom. The maximum Gasteiger partial charge on any atom is 0.319 e. The second-order valence-electron chi connectivity index (χ2n) is 6.21. The lowest BCUT2D eigenvalue weighted by Gasteiger charge is -2.20. The van der Waals surface area contributed by atoms with E-state index >= 15 is 0 Å². The van der Waals surface area contributed by atoms with E-state index in [0.29, 0.717) is 34.4 Å². The largest absolute Gasteiger partial charge is 0.492 e. The molecule has 2 heterocycles. The SMILES string of the molecule is Cc1ccn(C)c(=O)c1NC(=O)N[C@@H]1CCCOc2c1ccc(Cl)c2Cl. The van der Waals surface area contributed by atoms with Crippen LogP contribution in [0.1, 0.15) is 30.0 Å². The van der Waals surface area contributed by atoms with Crippen LogP contribution in [0.4, 0.5) is 10.5 Å². The van der Waals surface area contributed by atoms with Crippen LogP contribution >= 0.6 is 23.2 Å². The Labute approximate surface area is 161 Å². The number of aryl methyl sites for hydroxylation is 2. The highest BCUT2D eigenvalue weighted by Crippen LogP contribution is 2.40. The molecule has 0 spiro atoms. The summed E-state index contributed by atoms with van der Waals surface area (Å²) in [7, 11) is 1.63. The lowest BCUT2D eigenvalue weighted by Crippen LogP contribution is -2.35. The van der Waals surface area contributed by atoms with Crippen LogP contribution in [-0.2, 0) is 7.05 Å². The summed E-state index contributed by atoms with van der Waals surface area (Å²) in [5.74, 6) is 0.494. The highest BCUT2D eigenvalue weighted by atomic mass is 35.5. The fourth-order valence-electron chi connectivity index (χ4n) is 2.91. The summed E-state index contributed by atoms with van der Waals surface area (Å²) in [5, 5.41) is 6.31. The number of hydrogen-bond acceptors (Lipinski definition) is 3. The molecule has 2 aromatic rings. The van der Waals surface area contributed by atoms with Crippen molar-refractivity contribution < 1.29 is 9.53 Å². The van der Waals surface area contributed by atoms with E-state index in [2.05, 4.69) is 10.6 Å². The van der Waals surface area contributed by atoms with Gasteiger partial charge in [0.2, 0.25) is 0 Å². The number of nitrogens with zero attached hydrogens (tertiary/aromatic N) is 1. The standard InChI is InChI=1S/C18H19Cl2N3O3/c1-10-7-8-23(2)17(24)15(10)22-18(25)21-13-4-3-9-26-16-11(13)5-6-12(19)14(16)20/h5-8,13H,3-4,9H2,1-2H3,(H2,21,22,25)/t13-/m1/s1. The molecular formula is C18H19Cl2N3O3. The molecule has 6 nitrogen and oxygen atoms in total. The van der Waals surface area contributed by atoms with Gasteiger partial charge < -0.3 is 19.9 Å². The lowest BCUT2D eigenvalue weighted by molar-refractivity contribution is 0.247. The minimum atomic E-state index is -0.458. The van der Waals surface area contributed by atoms with Crippen molar-refractivity contribution in [1.82, 2.24) is 9.88 Å². The molecule has 0 saturated carbocycles. The van der Waals surface area contributed by atoms with Gasteiger partial charge in [0.25, 0.3) is 5.56 Å². The number of benzene rings is 1. The number of anilines is 1. The summed E-state index contributed by atoms with van der Waals surface area (Å²) in [6, 6.07) is 4.50. The van der Waals surface area contributed by atoms with E-state index in [9.17, 15) is 9.59 Å². The minimum absolute atomic E-state index is 0.256. The third-order valence-electron chi connectivity index (χ3n) is 4.36. The van der Waals surface area contributed by atoms with Crippen molar-refractivity contribution in [2.45, 2.75) is 25.8 Å². The van der Waals surface area contributed by atoms with E-state index in [0.717, 1.165) is 12.0 Å². The van der Waals surface area contributed by atoms with Crippen molar-refractivity contribution in [3.8, 4) is 5.75 Å². The zero-order valence-corrected chi connectivity index (χ0v) is 15.9. The molecular weight excluding hydrogens is 377 g/mol. The first-order chi connectivity index (χ1) is 12.4. The predicted molar refractivity (Wildman–Crippen MR) is 103 cm³/mol. The number of halogens is 2. The highest BCUT2D eigenvalue weighted by Gasteiger charge is 2.25. The van der Waals surface area contributed by atoms with Gasteiger partial charge in [-0.1, -0.05) is 29.3 Å². The molecule has 1 aliphatic heterocycles. The number of ether oxygens (including phenoxy) is 1. The van der Waals surface area contributed by atoms with E-state index in [1.54, 1.807) is 38.4 Å². The number of nitrogens with one attached hydrogen (secondary N) is 2. The first-order valence-electron chi connectivity index (χ1n) is 8.23. The van der Waals surface area contributed by atoms with Crippen molar-refractivity contribution in [1.29, 1.82) is 0 Å². The molecule has 1 atom stereocenters. The van der Waals surface area contributed by atoms with Crippen LogP contribution in [0.15, 0.2) is 29.2 Å². The number of carbonyl (C=O) groups is 1. The van der Waals surface area contributed by atoms with E-state index in [-0.39, 0.29) is 17.3 Å². The number of urea groups is 1. The van der Waals surface area contributed by atoms with E-state index in [4.69, 9.17) is 27.9 Å². The molecule has 0 radical (unpaired) electrons. The van der Waals surface area contributed by atoms with Crippen LogP contribution in [0.2, 0.25) is 10.0 Å². The van der Waals surface area contributed by atoms with Gasteiger partial charge in [0.15, 0.2) is 0 Å². The monoisotopic (exact) mass is 395 g/mol. The van der Waals surface area contributed by atoms with Gasteiger partial charge >= 0.3 is 6.03 Å². The molecule has 0 unspecified atom stereocenters. The molecule has 8 heteroatoms. The first kappa shape index (κ1) is 18.6. The van der Waals surface area contributed by atoms with Gasteiger partial charge in [-0.3, -0.25) is 4.79 Å². The van der Waals surface area contributed by atoms with E-state index in [1.807, 2.05) is 0 Å². The first-order valence-corrected chi connectivity index (χ1v) is 8.98. The van der Waals surface area contributed by atoms with Crippen molar-refractivity contribution in [2.24, 2.45) is 7.05 Å². The molecule has 1 aliphatic rings. The van der Waals surface area contributed by atoms with Gasteiger partial charge in [-0.15, -0.1) is 0 Å². The molecule has 0 aliphatic carbocycles. The maximum absolute atomic E-state index is 12.5. The van der Waals surface area contributed by atoms with Gasteiger partial charge in [-0.05, 0) is 37.5 Å². The summed E-state index contributed by atoms with van der Waals surface area (Å²) in [5.41, 5.74) is 1.46. The normalized spacial score (nSPS) is 16.2. The molecule has 138 valence electrons. The number of hydrogen-bond donors (Lipinski definition) is 2. The quantitative estimate of drug-likeness (QED) is 0.805. The second kappa shape index (κ2) is 7.60. The maximum atomic E-state index is 12.5. The fourth-order valence-corrected chi connectivity index (χ4v) is 3.29. The number of carbonyl (C=O) groups excluding carboxylic acids is 1. The Balaban J connectivity index is 1.84. The van der Waals surface area contributed by atoms with Crippen molar-refractivity contribution in [3.63, 3.8) is 0 Å². The predicted octanol–water partition coefficient (Wildman–Crippen LogP) is 4.04. The van der Waals surface area contributed by atoms with Crippen LogP contribution in [-0.4, -0.2) is 17.2 Å². The summed E-state index contributed by atoms with van der Waals surface area (Å²) < 4.78 is 7.12. The number of fused-ring (bicyclic) bond motifs is 1. The zero-order valence-electron chi connectivity index (χ0n) is 14.4. The average Bonchev–Trinajstić information content (AvgIpc) is 2.81. The van der Waals surface area contributed by atoms with Crippen molar-refractivity contribution in [2.75, 3.05) is 11.9 Å². The summed E-state index contributed by atoms with van der Waals surface area (Å²) in [6.45, 7) is 2.26. The summed E-state index contributed by atoms with van der Waals surface area (Å²) >= 11 is 12.3. The zero-order chi connectivity index (χ0) is 18.8. The second-order valence-corrected chi connectivity index (χ2v) is 7.00. The van der Waals surface area contributed by atoms with Gasteiger partial charge in [0.05, 0.1) is 17.7 Å². The average molecular weight is 396 g/mol. The lowest BCUT2D eigenvalue weighted by atomic mass is 10.0. The van der Waals surface area contributed by atoms with Gasteiger partial charge in [-0.2, -0.15) is 0 Å². The fraction of sp³-hybridized carbons (Fsp3) is 0.333. The molecule has 0 bridgehead atoms. The summed E-state index contributed by atoms with van der Waals surface area (Å²) in [4.78, 5) is 24.7. The van der Waals surface area contributed by atoms with Crippen LogP contribution in [0.5, 0.6) is 5.75 Å². The molecule has 0 fully saturated rings.